The van der Waals surface area contributed by atoms with Crippen LogP contribution in [-0.4, -0.2) is 34.9 Å². The Labute approximate surface area is 175 Å². The Morgan fingerprint density at radius 1 is 1.27 bits per heavy atom. The molecule has 2 aliphatic rings. The van der Waals surface area contributed by atoms with E-state index in [0.29, 0.717) is 17.6 Å². The van der Waals surface area contributed by atoms with Gasteiger partial charge in [0, 0.05) is 25.2 Å². The molecule has 3 heterocycles. The monoisotopic (exact) mass is 409 g/mol. The number of fused-ring (bicyclic) bond motifs is 1. The molecule has 1 aromatic carbocycles. The van der Waals surface area contributed by atoms with E-state index < -0.39 is 5.92 Å². The van der Waals surface area contributed by atoms with Gasteiger partial charge in [-0.3, -0.25) is 19.4 Å². The van der Waals surface area contributed by atoms with Gasteiger partial charge in [0.1, 0.15) is 5.82 Å². The summed E-state index contributed by atoms with van der Waals surface area (Å²) in [6, 6.07) is 5.71. The first-order valence-corrected chi connectivity index (χ1v) is 10.4. The van der Waals surface area contributed by atoms with Crippen molar-refractivity contribution in [2.75, 3.05) is 28.6 Å². The third-order valence-corrected chi connectivity index (χ3v) is 5.85. The summed E-state index contributed by atoms with van der Waals surface area (Å²) in [4.78, 5) is 47.6. The van der Waals surface area contributed by atoms with E-state index in [1.807, 2.05) is 36.9 Å². The molecule has 0 unspecified atom stereocenters. The molecule has 0 radical (unpaired) electrons. The molecule has 2 atom stereocenters. The summed E-state index contributed by atoms with van der Waals surface area (Å²) in [5.74, 6) is -0.458. The second kappa shape index (κ2) is 7.93. The normalized spacial score (nSPS) is 21.0. The highest BCUT2D eigenvalue weighted by Crippen LogP contribution is 2.31. The first-order valence-electron chi connectivity index (χ1n) is 10.4. The molecule has 2 amide bonds. The Morgan fingerprint density at radius 2 is 2.07 bits per heavy atom. The fourth-order valence-corrected chi connectivity index (χ4v) is 4.29. The van der Waals surface area contributed by atoms with Gasteiger partial charge in [0.25, 0.3) is 5.56 Å². The van der Waals surface area contributed by atoms with Crippen molar-refractivity contribution in [2.24, 2.45) is 5.92 Å². The molecule has 0 aliphatic carbocycles. The lowest BCUT2D eigenvalue weighted by Crippen LogP contribution is -2.40. The third kappa shape index (κ3) is 3.94. The molecule has 1 saturated heterocycles. The molecule has 0 bridgehead atoms. The van der Waals surface area contributed by atoms with Crippen LogP contribution in [0.25, 0.3) is 0 Å². The van der Waals surface area contributed by atoms with Crippen LogP contribution in [-0.2, 0) is 9.59 Å². The number of hydrogen-bond acceptors (Lipinski definition) is 5. The number of rotatable bonds is 3. The summed E-state index contributed by atoms with van der Waals surface area (Å²) in [6.45, 7) is 7.65. The predicted molar refractivity (Wildman–Crippen MR) is 116 cm³/mol. The predicted octanol–water partition coefficient (Wildman–Crippen LogP) is 2.69. The summed E-state index contributed by atoms with van der Waals surface area (Å²) >= 11 is 0. The van der Waals surface area contributed by atoms with Gasteiger partial charge in [-0.05, 0) is 44.2 Å². The number of nitrogens with one attached hydrogen (secondary N) is 3. The van der Waals surface area contributed by atoms with Crippen LogP contribution in [0.2, 0.25) is 0 Å². The topological polar surface area (TPSA) is 107 Å². The SMILES string of the molecule is Cc1ccc(NC(=O)[C@H]2CC(=O)Nc3nc(N4CCC[C@H](C)C4)[nH]c(=O)c32)c(C)c1. The molecular weight excluding hydrogens is 382 g/mol. The number of aromatic amines is 1. The molecule has 0 saturated carbocycles. The van der Waals surface area contributed by atoms with Crippen molar-refractivity contribution in [3.05, 3.63) is 45.2 Å². The van der Waals surface area contributed by atoms with Crippen molar-refractivity contribution in [1.82, 2.24) is 9.97 Å². The molecule has 8 nitrogen and oxygen atoms in total. The second-order valence-corrected chi connectivity index (χ2v) is 8.46. The molecule has 1 aromatic heterocycles. The average Bonchev–Trinajstić information content (AvgIpc) is 2.69. The number of nitrogens with zero attached hydrogens (tertiary/aromatic N) is 2. The van der Waals surface area contributed by atoms with E-state index in [1.165, 1.54) is 0 Å². The third-order valence-electron chi connectivity index (χ3n) is 5.85. The maximum Gasteiger partial charge on any atom is 0.258 e. The average molecular weight is 409 g/mol. The molecule has 30 heavy (non-hydrogen) atoms. The fourth-order valence-electron chi connectivity index (χ4n) is 4.29. The molecule has 8 heteroatoms. The number of carbonyl (C=O) groups excluding carboxylic acids is 2. The quantitative estimate of drug-likeness (QED) is 0.723. The Kier molecular flexibility index (Phi) is 5.32. The summed E-state index contributed by atoms with van der Waals surface area (Å²) in [6.07, 6.45) is 2.08. The number of hydrogen-bond donors (Lipinski definition) is 3. The van der Waals surface area contributed by atoms with Crippen LogP contribution in [0.1, 0.15) is 48.8 Å². The van der Waals surface area contributed by atoms with Crippen LogP contribution in [0.5, 0.6) is 0 Å². The molecule has 3 N–H and O–H groups in total. The largest absolute Gasteiger partial charge is 0.342 e. The maximum absolute atomic E-state index is 13.0. The number of aromatic nitrogens is 2. The van der Waals surface area contributed by atoms with Gasteiger partial charge in [0.2, 0.25) is 17.8 Å². The maximum atomic E-state index is 13.0. The minimum atomic E-state index is -0.889. The van der Waals surface area contributed by atoms with Gasteiger partial charge < -0.3 is 15.5 Å². The zero-order valence-electron chi connectivity index (χ0n) is 17.5. The van der Waals surface area contributed by atoms with Crippen LogP contribution in [0.3, 0.4) is 0 Å². The van der Waals surface area contributed by atoms with Crippen LogP contribution < -0.4 is 21.1 Å². The van der Waals surface area contributed by atoms with Crippen molar-refractivity contribution >= 4 is 29.3 Å². The number of anilines is 3. The van der Waals surface area contributed by atoms with Gasteiger partial charge in [-0.2, -0.15) is 4.98 Å². The van der Waals surface area contributed by atoms with Gasteiger partial charge in [-0.1, -0.05) is 24.6 Å². The van der Waals surface area contributed by atoms with Crippen LogP contribution in [0, 0.1) is 19.8 Å². The molecule has 2 aliphatic heterocycles. The van der Waals surface area contributed by atoms with E-state index >= 15 is 0 Å². The lowest BCUT2D eigenvalue weighted by Gasteiger charge is -2.32. The number of piperidine rings is 1. The van der Waals surface area contributed by atoms with E-state index in [9.17, 15) is 14.4 Å². The minimum absolute atomic E-state index is 0.0887. The zero-order valence-corrected chi connectivity index (χ0v) is 17.5. The number of benzene rings is 1. The number of carbonyl (C=O) groups is 2. The lowest BCUT2D eigenvalue weighted by atomic mass is 9.92. The molecule has 4 rings (SSSR count). The second-order valence-electron chi connectivity index (χ2n) is 8.46. The highest BCUT2D eigenvalue weighted by atomic mass is 16.2. The summed E-state index contributed by atoms with van der Waals surface area (Å²) in [7, 11) is 0. The molecule has 158 valence electrons. The number of aryl methyl sites for hydroxylation is 2. The van der Waals surface area contributed by atoms with Crippen molar-refractivity contribution in [1.29, 1.82) is 0 Å². The first kappa shape index (κ1) is 20.1. The molecular formula is C22H27N5O3. The van der Waals surface area contributed by atoms with Gasteiger partial charge in [-0.25, -0.2) is 0 Å². The number of amides is 2. The molecule has 1 fully saturated rings. The van der Waals surface area contributed by atoms with E-state index in [1.54, 1.807) is 0 Å². The highest BCUT2D eigenvalue weighted by Gasteiger charge is 2.35. The van der Waals surface area contributed by atoms with Crippen molar-refractivity contribution in [2.45, 2.75) is 46.0 Å². The van der Waals surface area contributed by atoms with Gasteiger partial charge in [-0.15, -0.1) is 0 Å². The minimum Gasteiger partial charge on any atom is -0.342 e. The summed E-state index contributed by atoms with van der Waals surface area (Å²) in [5.41, 5.74) is 2.51. The molecule has 2 aromatic rings. The van der Waals surface area contributed by atoms with Crippen molar-refractivity contribution in [3.63, 3.8) is 0 Å². The Bertz CT molecular complexity index is 1060. The first-order chi connectivity index (χ1) is 14.3. The van der Waals surface area contributed by atoms with Crippen LogP contribution in [0.4, 0.5) is 17.5 Å². The Balaban J connectivity index is 1.65. The van der Waals surface area contributed by atoms with E-state index in [2.05, 4.69) is 27.5 Å². The molecule has 0 spiro atoms. The lowest BCUT2D eigenvalue weighted by molar-refractivity contribution is -0.123. The fraction of sp³-hybridized carbons (Fsp3) is 0.455. The van der Waals surface area contributed by atoms with Crippen LogP contribution in [0.15, 0.2) is 23.0 Å². The van der Waals surface area contributed by atoms with E-state index in [0.717, 1.165) is 37.1 Å². The zero-order chi connectivity index (χ0) is 21.4. The summed E-state index contributed by atoms with van der Waals surface area (Å²) in [5, 5.41) is 5.55. The van der Waals surface area contributed by atoms with E-state index in [-0.39, 0.29) is 35.2 Å². The number of H-pyrrole nitrogens is 1. The highest BCUT2D eigenvalue weighted by molar-refractivity contribution is 6.04. The smallest absolute Gasteiger partial charge is 0.258 e. The standard InChI is InChI=1S/C22H27N5O3/c1-12-6-7-16(14(3)9-12)23-20(29)15-10-17(28)24-19-18(15)21(30)26-22(25-19)27-8-4-5-13(2)11-27/h6-7,9,13,15H,4-5,8,10-11H2,1-3H3,(H,23,29)(H2,24,25,26,28,30)/t13-,15-/m0/s1. The van der Waals surface area contributed by atoms with Gasteiger partial charge in [0.05, 0.1) is 11.5 Å². The van der Waals surface area contributed by atoms with E-state index in [4.69, 9.17) is 0 Å². The van der Waals surface area contributed by atoms with Gasteiger partial charge >= 0.3 is 0 Å². The summed E-state index contributed by atoms with van der Waals surface area (Å²) < 4.78 is 0. The van der Waals surface area contributed by atoms with Crippen molar-refractivity contribution < 1.29 is 9.59 Å². The van der Waals surface area contributed by atoms with Gasteiger partial charge in [0.15, 0.2) is 0 Å². The van der Waals surface area contributed by atoms with Crippen molar-refractivity contribution in [3.8, 4) is 0 Å². The Hall–Kier alpha value is -3.16. The Morgan fingerprint density at radius 3 is 2.80 bits per heavy atom. The van der Waals surface area contributed by atoms with Crippen LogP contribution >= 0.6 is 0 Å².